The van der Waals surface area contributed by atoms with Gasteiger partial charge in [0.15, 0.2) is 12.6 Å². The normalized spacial score (nSPS) is 11.8. The smallest absolute Gasteiger partial charge is 0.422 e. The average molecular weight is 443 g/mol. The van der Waals surface area contributed by atoms with E-state index >= 15 is 0 Å². The first-order valence-electron chi connectivity index (χ1n) is 9.26. The predicted molar refractivity (Wildman–Crippen MR) is 112 cm³/mol. The van der Waals surface area contributed by atoms with Gasteiger partial charge in [0.25, 0.3) is 0 Å². The maximum atomic E-state index is 12.2. The summed E-state index contributed by atoms with van der Waals surface area (Å²) < 4.78 is 41.4. The number of rotatable bonds is 9. The van der Waals surface area contributed by atoms with Gasteiger partial charge in [-0.25, -0.2) is 4.99 Å². The van der Waals surface area contributed by atoms with E-state index in [-0.39, 0.29) is 18.2 Å². The van der Waals surface area contributed by atoms with Crippen LogP contribution in [0.2, 0.25) is 0 Å². The van der Waals surface area contributed by atoms with Gasteiger partial charge in [-0.05, 0) is 35.6 Å². The summed E-state index contributed by atoms with van der Waals surface area (Å²) in [5.74, 6) is 0.539. The van der Waals surface area contributed by atoms with Crippen LogP contribution in [0.25, 0.3) is 0 Å². The fraction of sp³-hybridized carbons (Fsp3) is 0.400. The molecule has 0 unspecified atom stereocenters. The molecule has 0 bridgehead atoms. The minimum Gasteiger partial charge on any atom is -0.484 e. The summed E-state index contributed by atoms with van der Waals surface area (Å²) in [6.45, 7) is -0.286. The largest absolute Gasteiger partial charge is 0.484 e. The monoisotopic (exact) mass is 442 g/mol. The molecule has 10 heteroatoms. The maximum Gasteiger partial charge on any atom is 0.422 e. The molecule has 0 aliphatic heterocycles. The molecule has 164 valence electrons. The lowest BCUT2D eigenvalue weighted by atomic mass is 10.2. The first kappa shape index (κ1) is 23.5. The van der Waals surface area contributed by atoms with Crippen molar-refractivity contribution in [1.29, 1.82) is 0 Å². The molecular weight excluding hydrogens is 417 g/mol. The summed E-state index contributed by atoms with van der Waals surface area (Å²) in [5, 5.41) is 8.21. The average Bonchev–Trinajstić information content (AvgIpc) is 3.21. The Morgan fingerprint density at radius 3 is 2.50 bits per heavy atom. The zero-order chi connectivity index (χ0) is 22.0. The van der Waals surface area contributed by atoms with Crippen LogP contribution in [0.1, 0.15) is 10.4 Å². The van der Waals surface area contributed by atoms with Crippen molar-refractivity contribution >= 4 is 23.2 Å². The Balaban J connectivity index is 1.93. The van der Waals surface area contributed by atoms with Gasteiger partial charge < -0.3 is 20.3 Å². The number of hydrogen-bond donors (Lipinski definition) is 2. The number of aliphatic imine (C=N–C) groups is 1. The topological polar surface area (TPSA) is 66.0 Å². The second-order valence-corrected chi connectivity index (χ2v) is 7.64. The number of thiophene rings is 1. The van der Waals surface area contributed by atoms with Crippen LogP contribution in [0.4, 0.5) is 13.2 Å². The number of likely N-dealkylation sites (N-methyl/N-ethyl adjacent to an activating group) is 1. The summed E-state index contributed by atoms with van der Waals surface area (Å²) in [6, 6.07) is 10.3. The molecule has 2 rings (SSSR count). The SMILES string of the molecule is CN(C)C(=O)CNC(=NCc1ccc(OCC(F)(F)F)cc1)NCCc1cccs1. The number of guanidine groups is 1. The molecule has 1 heterocycles. The highest BCUT2D eigenvalue weighted by Crippen LogP contribution is 2.19. The Morgan fingerprint density at radius 2 is 1.90 bits per heavy atom. The van der Waals surface area contributed by atoms with Crippen molar-refractivity contribution in [3.63, 3.8) is 0 Å². The summed E-state index contributed by atoms with van der Waals surface area (Å²) in [4.78, 5) is 19.0. The molecule has 0 saturated carbocycles. The lowest BCUT2D eigenvalue weighted by Crippen LogP contribution is -2.43. The van der Waals surface area contributed by atoms with E-state index < -0.39 is 12.8 Å². The number of benzene rings is 1. The van der Waals surface area contributed by atoms with Crippen LogP contribution in [0.15, 0.2) is 46.8 Å². The highest BCUT2D eigenvalue weighted by Gasteiger charge is 2.28. The molecule has 2 aromatic rings. The van der Waals surface area contributed by atoms with Crippen molar-refractivity contribution in [3.8, 4) is 5.75 Å². The Bertz CT molecular complexity index is 806. The zero-order valence-corrected chi connectivity index (χ0v) is 17.6. The fourth-order valence-electron chi connectivity index (χ4n) is 2.28. The van der Waals surface area contributed by atoms with Crippen molar-refractivity contribution in [2.75, 3.05) is 33.8 Å². The van der Waals surface area contributed by atoms with Crippen molar-refractivity contribution in [2.45, 2.75) is 19.1 Å². The first-order valence-corrected chi connectivity index (χ1v) is 10.1. The van der Waals surface area contributed by atoms with E-state index in [2.05, 4.69) is 21.7 Å². The van der Waals surface area contributed by atoms with Crippen LogP contribution < -0.4 is 15.4 Å². The van der Waals surface area contributed by atoms with Crippen LogP contribution in [-0.4, -0.2) is 56.7 Å². The molecule has 0 aliphatic rings. The van der Waals surface area contributed by atoms with E-state index in [9.17, 15) is 18.0 Å². The number of nitrogens with zero attached hydrogens (tertiary/aromatic N) is 2. The van der Waals surface area contributed by atoms with Gasteiger partial charge in [0, 0.05) is 25.5 Å². The molecule has 1 aromatic heterocycles. The van der Waals surface area contributed by atoms with Crippen molar-refractivity contribution in [2.24, 2.45) is 4.99 Å². The summed E-state index contributed by atoms with van der Waals surface area (Å²) in [7, 11) is 3.35. The molecular formula is C20H25F3N4O2S. The highest BCUT2D eigenvalue weighted by molar-refractivity contribution is 7.09. The molecule has 6 nitrogen and oxygen atoms in total. The summed E-state index contributed by atoms with van der Waals surface area (Å²) in [6.07, 6.45) is -3.55. The molecule has 1 amide bonds. The number of hydrogen-bond acceptors (Lipinski definition) is 4. The van der Waals surface area contributed by atoms with E-state index in [0.717, 1.165) is 12.0 Å². The number of amides is 1. The molecule has 1 aromatic carbocycles. The van der Waals surface area contributed by atoms with Crippen LogP contribution in [-0.2, 0) is 17.8 Å². The van der Waals surface area contributed by atoms with E-state index in [1.807, 2.05) is 11.4 Å². The van der Waals surface area contributed by atoms with Crippen LogP contribution in [0.3, 0.4) is 0 Å². The lowest BCUT2D eigenvalue weighted by Gasteiger charge is -2.15. The molecule has 30 heavy (non-hydrogen) atoms. The second-order valence-electron chi connectivity index (χ2n) is 6.61. The number of carbonyl (C=O) groups excluding carboxylic acids is 1. The van der Waals surface area contributed by atoms with Gasteiger partial charge in [0.2, 0.25) is 5.91 Å². The van der Waals surface area contributed by atoms with E-state index in [1.54, 1.807) is 37.6 Å². The van der Waals surface area contributed by atoms with Crippen LogP contribution in [0, 0.1) is 0 Å². The minimum atomic E-state index is -4.37. The number of halogens is 3. The molecule has 0 spiro atoms. The zero-order valence-electron chi connectivity index (χ0n) is 16.8. The van der Waals surface area contributed by atoms with Crippen molar-refractivity contribution in [3.05, 3.63) is 52.2 Å². The molecule has 0 fully saturated rings. The lowest BCUT2D eigenvalue weighted by molar-refractivity contribution is -0.153. The van der Waals surface area contributed by atoms with Crippen molar-refractivity contribution in [1.82, 2.24) is 15.5 Å². The highest BCUT2D eigenvalue weighted by atomic mass is 32.1. The number of alkyl halides is 3. The number of carbonyl (C=O) groups is 1. The van der Waals surface area contributed by atoms with Gasteiger partial charge in [-0.1, -0.05) is 18.2 Å². The maximum absolute atomic E-state index is 12.2. The van der Waals surface area contributed by atoms with Gasteiger partial charge >= 0.3 is 6.18 Å². The third kappa shape index (κ3) is 9.17. The van der Waals surface area contributed by atoms with E-state index in [1.165, 1.54) is 21.9 Å². The third-order valence-electron chi connectivity index (χ3n) is 3.90. The van der Waals surface area contributed by atoms with Gasteiger partial charge in [0.05, 0.1) is 13.1 Å². The predicted octanol–water partition coefficient (Wildman–Crippen LogP) is 3.06. The summed E-state index contributed by atoms with van der Waals surface area (Å²) in [5.41, 5.74) is 0.799. The van der Waals surface area contributed by atoms with Gasteiger partial charge in [-0.3, -0.25) is 4.79 Å². The van der Waals surface area contributed by atoms with Gasteiger partial charge in [-0.2, -0.15) is 13.2 Å². The van der Waals surface area contributed by atoms with Crippen molar-refractivity contribution < 1.29 is 22.7 Å². The van der Waals surface area contributed by atoms with Gasteiger partial charge in [-0.15, -0.1) is 11.3 Å². The molecule has 2 N–H and O–H groups in total. The first-order chi connectivity index (χ1) is 14.2. The Labute approximate surface area is 177 Å². The Morgan fingerprint density at radius 1 is 1.17 bits per heavy atom. The minimum absolute atomic E-state index is 0.0890. The fourth-order valence-corrected chi connectivity index (χ4v) is 2.99. The van der Waals surface area contributed by atoms with E-state index in [4.69, 9.17) is 4.74 Å². The molecule has 0 radical (unpaired) electrons. The Hall–Kier alpha value is -2.75. The van der Waals surface area contributed by atoms with Gasteiger partial charge in [0.1, 0.15) is 5.75 Å². The summed E-state index contributed by atoms with van der Waals surface area (Å²) >= 11 is 1.67. The van der Waals surface area contributed by atoms with E-state index in [0.29, 0.717) is 19.0 Å². The molecule has 0 saturated heterocycles. The Kier molecular flexibility index (Phi) is 8.97. The number of nitrogens with one attached hydrogen (secondary N) is 2. The van der Waals surface area contributed by atoms with Crippen LogP contribution in [0.5, 0.6) is 5.75 Å². The molecule has 0 atom stereocenters. The van der Waals surface area contributed by atoms with Crippen LogP contribution >= 0.6 is 11.3 Å². The standard InChI is InChI=1S/C20H25F3N4O2S/c1-27(2)18(28)13-26-19(24-10-9-17-4-3-11-30-17)25-12-15-5-7-16(8-6-15)29-14-20(21,22)23/h3-8,11H,9-10,12-14H2,1-2H3,(H2,24,25,26). The quantitative estimate of drug-likeness (QED) is 0.463. The second kappa shape index (κ2) is 11.4. The number of ether oxygens (including phenoxy) is 1. The molecule has 0 aliphatic carbocycles. The third-order valence-corrected chi connectivity index (χ3v) is 4.83.